The lowest BCUT2D eigenvalue weighted by Gasteiger charge is -2.20. The van der Waals surface area contributed by atoms with Crippen LogP contribution in [0.2, 0.25) is 0 Å². The Hall–Kier alpha value is -0.430. The highest BCUT2D eigenvalue weighted by Gasteiger charge is 2.27. The van der Waals surface area contributed by atoms with Crippen LogP contribution in [0.3, 0.4) is 0 Å². The van der Waals surface area contributed by atoms with Crippen molar-refractivity contribution in [2.24, 2.45) is 0 Å². The number of thioether (sulfide) groups is 1. The topological polar surface area (TPSA) is 41.1 Å². The van der Waals surface area contributed by atoms with Crippen molar-refractivity contribution in [3.63, 3.8) is 0 Å². The predicted octanol–water partition coefficient (Wildman–Crippen LogP) is 2.13. The molecule has 0 aromatic heterocycles. The van der Waals surface area contributed by atoms with Crippen LogP contribution in [0.5, 0.6) is 0 Å². The van der Waals surface area contributed by atoms with Gasteiger partial charge in [0, 0.05) is 30.8 Å². The summed E-state index contributed by atoms with van der Waals surface area (Å²) in [5.74, 6) is -0.383. The van der Waals surface area contributed by atoms with Crippen molar-refractivity contribution in [3.05, 3.63) is 0 Å². The Morgan fingerprint density at radius 2 is 1.76 bits per heavy atom. The Balaban J connectivity index is 3.48. The van der Waals surface area contributed by atoms with Gasteiger partial charge in [0.05, 0.1) is 0 Å². The second kappa shape index (κ2) is 7.10. The third-order valence-corrected chi connectivity index (χ3v) is 2.43. The smallest absolute Gasteiger partial charge is 0.355 e. The lowest BCUT2D eigenvalue weighted by Crippen LogP contribution is -2.38. The van der Waals surface area contributed by atoms with Gasteiger partial charge in [-0.3, -0.25) is 4.79 Å². The number of carbonyl (C=O) groups excluding carboxylic acids is 1. The molecule has 2 N–H and O–H groups in total. The summed E-state index contributed by atoms with van der Waals surface area (Å²) in [5.41, 5.74) is -4.29. The first kappa shape index (κ1) is 16.6. The average molecular weight is 272 g/mol. The molecule has 1 amide bonds. The summed E-state index contributed by atoms with van der Waals surface area (Å²) < 4.78 is 35.3. The Labute approximate surface area is 104 Å². The van der Waals surface area contributed by atoms with Crippen LogP contribution < -0.4 is 10.6 Å². The van der Waals surface area contributed by atoms with Gasteiger partial charge in [-0.05, 0) is 32.5 Å². The molecule has 0 saturated heterocycles. The summed E-state index contributed by atoms with van der Waals surface area (Å²) in [6, 6.07) is 0. The van der Waals surface area contributed by atoms with Crippen LogP contribution >= 0.6 is 11.8 Å². The van der Waals surface area contributed by atoms with Crippen molar-refractivity contribution >= 4 is 17.7 Å². The largest absolute Gasteiger partial charge is 0.441 e. The van der Waals surface area contributed by atoms with E-state index in [9.17, 15) is 18.0 Å². The standard InChI is InChI=1S/C10H19F3N2OS/c1-9(2,3)15-5-4-8(16)14-6-7-17-10(11,12)13/h15H,4-7H2,1-3H3,(H,14,16). The van der Waals surface area contributed by atoms with E-state index >= 15 is 0 Å². The second-order valence-corrected chi connectivity index (χ2v) is 5.73. The lowest BCUT2D eigenvalue weighted by molar-refractivity contribution is -0.120. The molecule has 0 heterocycles. The number of hydrogen-bond donors (Lipinski definition) is 2. The second-order valence-electron chi connectivity index (χ2n) is 4.57. The normalized spacial score (nSPS) is 12.6. The van der Waals surface area contributed by atoms with Crippen molar-refractivity contribution < 1.29 is 18.0 Å². The third-order valence-electron chi connectivity index (χ3n) is 1.70. The van der Waals surface area contributed by atoms with E-state index in [4.69, 9.17) is 0 Å². The van der Waals surface area contributed by atoms with Gasteiger partial charge < -0.3 is 10.6 Å². The molecular weight excluding hydrogens is 253 g/mol. The fourth-order valence-corrected chi connectivity index (χ4v) is 1.43. The molecule has 3 nitrogen and oxygen atoms in total. The molecule has 7 heteroatoms. The minimum atomic E-state index is -4.22. The highest BCUT2D eigenvalue weighted by atomic mass is 32.2. The van der Waals surface area contributed by atoms with Crippen molar-refractivity contribution in [2.75, 3.05) is 18.8 Å². The summed E-state index contributed by atoms with van der Waals surface area (Å²) in [5, 5.41) is 5.56. The van der Waals surface area contributed by atoms with Gasteiger partial charge in [0.15, 0.2) is 0 Å². The van der Waals surface area contributed by atoms with Gasteiger partial charge in [-0.1, -0.05) is 0 Å². The Bertz CT molecular complexity index is 239. The maximum Gasteiger partial charge on any atom is 0.441 e. The molecule has 0 saturated carbocycles. The van der Waals surface area contributed by atoms with Crippen LogP contribution in [0.15, 0.2) is 0 Å². The van der Waals surface area contributed by atoms with Gasteiger partial charge in [0.25, 0.3) is 0 Å². The fourth-order valence-electron chi connectivity index (χ4n) is 0.997. The third kappa shape index (κ3) is 13.5. The van der Waals surface area contributed by atoms with E-state index in [1.165, 1.54) is 0 Å². The van der Waals surface area contributed by atoms with Crippen LogP contribution in [0.4, 0.5) is 13.2 Å². The summed E-state index contributed by atoms with van der Waals surface area (Å²) in [6.07, 6.45) is 0.272. The minimum absolute atomic E-state index is 0.0402. The molecule has 0 rings (SSSR count). The Morgan fingerprint density at radius 1 is 1.18 bits per heavy atom. The number of hydrogen-bond acceptors (Lipinski definition) is 3. The first-order chi connectivity index (χ1) is 7.60. The number of rotatable bonds is 6. The zero-order chi connectivity index (χ0) is 13.5. The number of halogens is 3. The summed E-state index contributed by atoms with van der Waals surface area (Å²) in [4.78, 5) is 11.2. The highest BCUT2D eigenvalue weighted by molar-refractivity contribution is 8.00. The van der Waals surface area contributed by atoms with Crippen molar-refractivity contribution in [1.29, 1.82) is 0 Å². The van der Waals surface area contributed by atoms with Gasteiger partial charge in [0.2, 0.25) is 5.91 Å². The molecule has 0 aliphatic carbocycles. The summed E-state index contributed by atoms with van der Waals surface area (Å²) >= 11 is -0.127. The molecule has 0 radical (unpaired) electrons. The van der Waals surface area contributed by atoms with E-state index < -0.39 is 5.51 Å². The zero-order valence-electron chi connectivity index (χ0n) is 10.3. The molecule has 0 aliphatic heterocycles. The van der Waals surface area contributed by atoms with Crippen LogP contribution in [-0.4, -0.2) is 35.8 Å². The van der Waals surface area contributed by atoms with Crippen LogP contribution in [-0.2, 0) is 4.79 Å². The van der Waals surface area contributed by atoms with Gasteiger partial charge >= 0.3 is 5.51 Å². The molecule has 0 aromatic rings. The van der Waals surface area contributed by atoms with Crippen molar-refractivity contribution in [1.82, 2.24) is 10.6 Å². The Kier molecular flexibility index (Phi) is 6.92. The molecule has 0 atom stereocenters. The van der Waals surface area contributed by atoms with Gasteiger partial charge in [-0.2, -0.15) is 13.2 Å². The summed E-state index contributed by atoms with van der Waals surface area (Å²) in [6.45, 7) is 6.49. The molecule has 0 bridgehead atoms. The number of nitrogens with one attached hydrogen (secondary N) is 2. The monoisotopic (exact) mass is 272 g/mol. The quantitative estimate of drug-likeness (QED) is 0.728. The van der Waals surface area contributed by atoms with E-state index in [0.717, 1.165) is 0 Å². The maximum absolute atomic E-state index is 11.8. The first-order valence-corrected chi connectivity index (χ1v) is 6.31. The first-order valence-electron chi connectivity index (χ1n) is 5.32. The van der Waals surface area contributed by atoms with Crippen molar-refractivity contribution in [3.8, 4) is 0 Å². The van der Waals surface area contributed by atoms with Crippen molar-refractivity contribution in [2.45, 2.75) is 38.2 Å². The summed E-state index contributed by atoms with van der Waals surface area (Å²) in [7, 11) is 0. The average Bonchev–Trinajstić information content (AvgIpc) is 2.09. The molecule has 0 spiro atoms. The van der Waals surface area contributed by atoms with Crippen LogP contribution in [0.25, 0.3) is 0 Å². The predicted molar refractivity (Wildman–Crippen MR) is 63.9 cm³/mol. The molecule has 0 aromatic carbocycles. The highest BCUT2D eigenvalue weighted by Crippen LogP contribution is 2.29. The molecular formula is C10H19F3N2OS. The molecule has 17 heavy (non-hydrogen) atoms. The maximum atomic E-state index is 11.8. The lowest BCUT2D eigenvalue weighted by atomic mass is 10.1. The van der Waals surface area contributed by atoms with Gasteiger partial charge in [-0.25, -0.2) is 0 Å². The van der Waals surface area contributed by atoms with Crippen LogP contribution in [0.1, 0.15) is 27.2 Å². The van der Waals surface area contributed by atoms with Gasteiger partial charge in [0.1, 0.15) is 0 Å². The molecule has 0 aliphatic rings. The number of amides is 1. The number of alkyl halides is 3. The van der Waals surface area contributed by atoms with E-state index in [1.807, 2.05) is 20.8 Å². The molecule has 102 valence electrons. The fraction of sp³-hybridized carbons (Fsp3) is 0.900. The minimum Gasteiger partial charge on any atom is -0.355 e. The SMILES string of the molecule is CC(C)(C)NCCC(=O)NCCSC(F)(F)F. The van der Waals surface area contributed by atoms with Gasteiger partial charge in [-0.15, -0.1) is 0 Å². The van der Waals surface area contributed by atoms with Crippen LogP contribution in [0, 0.1) is 0 Å². The zero-order valence-corrected chi connectivity index (χ0v) is 11.1. The van der Waals surface area contributed by atoms with E-state index in [1.54, 1.807) is 0 Å². The molecule has 0 unspecified atom stereocenters. The number of carbonyl (C=O) groups is 1. The van der Waals surface area contributed by atoms with E-state index in [2.05, 4.69) is 10.6 Å². The Morgan fingerprint density at radius 3 is 2.24 bits per heavy atom. The molecule has 0 fully saturated rings. The van der Waals surface area contributed by atoms with E-state index in [0.29, 0.717) is 6.54 Å². The van der Waals surface area contributed by atoms with E-state index in [-0.39, 0.29) is 41.9 Å².